The summed E-state index contributed by atoms with van der Waals surface area (Å²) < 4.78 is 0. The lowest BCUT2D eigenvalue weighted by Gasteiger charge is -2.28. The Balaban J connectivity index is 1.94. The molecule has 0 amide bonds. The molecule has 18 heavy (non-hydrogen) atoms. The number of aliphatic imine (C=N–C) groups is 2. The van der Waals surface area contributed by atoms with E-state index in [0.717, 1.165) is 11.4 Å². The third-order valence-corrected chi connectivity index (χ3v) is 2.88. The van der Waals surface area contributed by atoms with Crippen molar-refractivity contribution < 1.29 is 0 Å². The van der Waals surface area contributed by atoms with Crippen molar-refractivity contribution in [2.24, 2.45) is 9.98 Å². The van der Waals surface area contributed by atoms with E-state index in [1.54, 1.807) is 0 Å². The van der Waals surface area contributed by atoms with Gasteiger partial charge in [-0.3, -0.25) is 9.98 Å². The van der Waals surface area contributed by atoms with E-state index in [4.69, 9.17) is 0 Å². The van der Waals surface area contributed by atoms with Crippen LogP contribution in [0.5, 0.6) is 0 Å². The Bertz CT molecular complexity index is 493. The van der Waals surface area contributed by atoms with Crippen molar-refractivity contribution in [2.45, 2.75) is 0 Å². The molecule has 0 saturated carbocycles. The van der Waals surface area contributed by atoms with E-state index < -0.39 is 0 Å². The van der Waals surface area contributed by atoms with Crippen LogP contribution in [0.4, 0.5) is 11.4 Å². The third kappa shape index (κ3) is 2.05. The second-order valence-corrected chi connectivity index (χ2v) is 4.06. The summed E-state index contributed by atoms with van der Waals surface area (Å²) >= 11 is 0. The first-order valence-electron chi connectivity index (χ1n) is 5.91. The SMILES string of the molecule is C1=CN(c2ccccc2N2C=CC=NC2)CN=C1. The molecule has 0 aromatic heterocycles. The second-order valence-electron chi connectivity index (χ2n) is 4.06. The summed E-state index contributed by atoms with van der Waals surface area (Å²) in [7, 11) is 0. The Morgan fingerprint density at radius 2 is 1.28 bits per heavy atom. The van der Waals surface area contributed by atoms with E-state index in [0.29, 0.717) is 13.3 Å². The molecular weight excluding hydrogens is 224 g/mol. The maximum Gasteiger partial charge on any atom is 0.114 e. The van der Waals surface area contributed by atoms with Gasteiger partial charge < -0.3 is 9.80 Å². The highest BCUT2D eigenvalue weighted by Crippen LogP contribution is 2.30. The predicted octanol–water partition coefficient (Wildman–Crippen LogP) is 2.41. The standard InChI is InChI=1S/C14H14N4/c1-2-6-14(18-10-4-8-16-12-18)13(5-1)17-9-3-7-15-11-17/h1-10H,11-12H2. The summed E-state index contributed by atoms with van der Waals surface area (Å²) in [5, 5.41) is 0. The van der Waals surface area contributed by atoms with Gasteiger partial charge in [0, 0.05) is 24.8 Å². The first-order chi connectivity index (χ1) is 8.95. The zero-order valence-corrected chi connectivity index (χ0v) is 9.98. The van der Waals surface area contributed by atoms with Crippen LogP contribution >= 0.6 is 0 Å². The summed E-state index contributed by atoms with van der Waals surface area (Å²) in [5.74, 6) is 0. The Labute approximate surface area is 106 Å². The molecular formula is C14H14N4. The quantitative estimate of drug-likeness (QED) is 0.792. The van der Waals surface area contributed by atoms with Gasteiger partial charge in [-0.25, -0.2) is 0 Å². The first kappa shape index (κ1) is 10.8. The fourth-order valence-corrected chi connectivity index (χ4v) is 2.03. The van der Waals surface area contributed by atoms with Gasteiger partial charge in [-0.15, -0.1) is 0 Å². The molecule has 0 fully saturated rings. The minimum Gasteiger partial charge on any atom is -0.326 e. The van der Waals surface area contributed by atoms with Crippen molar-refractivity contribution in [1.29, 1.82) is 0 Å². The molecule has 3 rings (SSSR count). The average Bonchev–Trinajstić information content (AvgIpc) is 2.49. The highest BCUT2D eigenvalue weighted by Gasteiger charge is 2.13. The smallest absolute Gasteiger partial charge is 0.114 e. The number of benzene rings is 1. The van der Waals surface area contributed by atoms with Gasteiger partial charge in [0.15, 0.2) is 0 Å². The molecule has 0 N–H and O–H groups in total. The number of allylic oxidation sites excluding steroid dienone is 2. The summed E-state index contributed by atoms with van der Waals surface area (Å²) in [4.78, 5) is 12.8. The highest BCUT2D eigenvalue weighted by molar-refractivity contribution is 5.80. The number of para-hydroxylation sites is 2. The van der Waals surface area contributed by atoms with E-state index in [-0.39, 0.29) is 0 Å². The zero-order chi connectivity index (χ0) is 12.2. The third-order valence-electron chi connectivity index (χ3n) is 2.88. The summed E-state index contributed by atoms with van der Waals surface area (Å²) in [5.41, 5.74) is 2.29. The van der Waals surface area contributed by atoms with Gasteiger partial charge in [-0.05, 0) is 24.3 Å². The molecule has 2 heterocycles. The van der Waals surface area contributed by atoms with Crippen molar-refractivity contribution >= 4 is 23.8 Å². The largest absolute Gasteiger partial charge is 0.326 e. The van der Waals surface area contributed by atoms with Crippen LogP contribution in [0.1, 0.15) is 0 Å². The molecule has 90 valence electrons. The van der Waals surface area contributed by atoms with E-state index in [9.17, 15) is 0 Å². The molecule has 0 aliphatic carbocycles. The molecule has 0 radical (unpaired) electrons. The van der Waals surface area contributed by atoms with Crippen molar-refractivity contribution in [3.8, 4) is 0 Å². The Hall–Kier alpha value is -2.36. The van der Waals surface area contributed by atoms with Crippen LogP contribution in [-0.4, -0.2) is 25.8 Å². The van der Waals surface area contributed by atoms with Crippen molar-refractivity contribution in [2.75, 3.05) is 23.1 Å². The second kappa shape index (κ2) is 4.87. The number of hydrogen-bond donors (Lipinski definition) is 0. The number of anilines is 2. The first-order valence-corrected chi connectivity index (χ1v) is 5.91. The van der Waals surface area contributed by atoms with Crippen molar-refractivity contribution in [3.05, 3.63) is 48.8 Å². The summed E-state index contributed by atoms with van der Waals surface area (Å²) in [6, 6.07) is 8.29. The van der Waals surface area contributed by atoms with Gasteiger partial charge in [0.25, 0.3) is 0 Å². The van der Waals surface area contributed by atoms with E-state index >= 15 is 0 Å². The molecule has 0 bridgehead atoms. The van der Waals surface area contributed by atoms with E-state index in [1.807, 2.05) is 49.1 Å². The molecule has 1 aromatic carbocycles. The Morgan fingerprint density at radius 1 is 0.778 bits per heavy atom. The van der Waals surface area contributed by atoms with Crippen LogP contribution in [-0.2, 0) is 0 Å². The lowest BCUT2D eigenvalue weighted by molar-refractivity contribution is 0.936. The fourth-order valence-electron chi connectivity index (χ4n) is 2.03. The highest BCUT2D eigenvalue weighted by atomic mass is 15.2. The van der Waals surface area contributed by atoms with Crippen LogP contribution < -0.4 is 9.80 Å². The molecule has 0 saturated heterocycles. The lowest BCUT2D eigenvalue weighted by Crippen LogP contribution is -2.24. The maximum absolute atomic E-state index is 4.27. The number of rotatable bonds is 2. The van der Waals surface area contributed by atoms with Crippen LogP contribution in [0, 0.1) is 0 Å². The molecule has 0 atom stereocenters. The number of hydrogen-bond acceptors (Lipinski definition) is 4. The van der Waals surface area contributed by atoms with E-state index in [1.165, 1.54) is 0 Å². The summed E-state index contributed by atoms with van der Waals surface area (Å²) in [6.07, 6.45) is 11.6. The minimum absolute atomic E-state index is 0.661. The molecule has 1 aromatic rings. The molecule has 0 unspecified atom stereocenters. The molecule has 4 heteroatoms. The van der Waals surface area contributed by atoms with Gasteiger partial charge in [-0.2, -0.15) is 0 Å². The monoisotopic (exact) mass is 238 g/mol. The summed E-state index contributed by atoms with van der Waals surface area (Å²) in [6.45, 7) is 1.32. The van der Waals surface area contributed by atoms with Crippen LogP contribution in [0.2, 0.25) is 0 Å². The van der Waals surface area contributed by atoms with E-state index in [2.05, 4.69) is 31.9 Å². The van der Waals surface area contributed by atoms with Gasteiger partial charge >= 0.3 is 0 Å². The van der Waals surface area contributed by atoms with Gasteiger partial charge in [0.05, 0.1) is 11.4 Å². The van der Waals surface area contributed by atoms with Crippen molar-refractivity contribution in [3.63, 3.8) is 0 Å². The normalized spacial score (nSPS) is 17.6. The Kier molecular flexibility index (Phi) is 2.92. The van der Waals surface area contributed by atoms with Crippen molar-refractivity contribution in [1.82, 2.24) is 0 Å². The molecule has 4 nitrogen and oxygen atoms in total. The van der Waals surface area contributed by atoms with Crippen LogP contribution in [0.25, 0.3) is 0 Å². The lowest BCUT2D eigenvalue weighted by atomic mass is 10.2. The van der Waals surface area contributed by atoms with Gasteiger partial charge in [0.1, 0.15) is 13.3 Å². The molecule has 2 aliphatic heterocycles. The predicted molar refractivity (Wildman–Crippen MR) is 76.4 cm³/mol. The fraction of sp³-hybridized carbons (Fsp3) is 0.143. The number of nitrogens with zero attached hydrogens (tertiary/aromatic N) is 4. The average molecular weight is 238 g/mol. The van der Waals surface area contributed by atoms with Crippen LogP contribution in [0.15, 0.2) is 58.8 Å². The zero-order valence-electron chi connectivity index (χ0n) is 9.98. The van der Waals surface area contributed by atoms with Gasteiger partial charge in [-0.1, -0.05) is 12.1 Å². The molecule has 0 spiro atoms. The molecule has 2 aliphatic rings. The Morgan fingerprint density at radius 3 is 1.67 bits per heavy atom. The minimum atomic E-state index is 0.661. The maximum atomic E-state index is 4.27. The van der Waals surface area contributed by atoms with Gasteiger partial charge in [0.2, 0.25) is 0 Å². The topological polar surface area (TPSA) is 31.2 Å². The van der Waals surface area contributed by atoms with Crippen LogP contribution in [0.3, 0.4) is 0 Å².